The number of anilines is 1. The standard InChI is InChI=1S/C15H21N3O3/c1-10-5-7-12(14(16)21)15(17-10)18-9-3-2-4-11(18)6-8-13(19)20/h5,7,11H,2-4,6,8-9H2,1H3,(H2,16,21)(H,19,20). The van der Waals surface area contributed by atoms with Crippen LogP contribution >= 0.6 is 0 Å². The van der Waals surface area contributed by atoms with Crippen molar-refractivity contribution in [2.24, 2.45) is 5.73 Å². The van der Waals surface area contributed by atoms with Gasteiger partial charge in [-0.15, -0.1) is 0 Å². The number of carboxylic acid groups (broad SMARTS) is 1. The number of hydrogen-bond acceptors (Lipinski definition) is 4. The predicted octanol–water partition coefficient (Wildman–Crippen LogP) is 1.71. The van der Waals surface area contributed by atoms with E-state index in [0.717, 1.165) is 31.5 Å². The maximum Gasteiger partial charge on any atom is 0.303 e. The van der Waals surface area contributed by atoms with Gasteiger partial charge in [0.1, 0.15) is 5.82 Å². The van der Waals surface area contributed by atoms with E-state index >= 15 is 0 Å². The van der Waals surface area contributed by atoms with Crippen molar-refractivity contribution in [1.29, 1.82) is 0 Å². The van der Waals surface area contributed by atoms with Crippen LogP contribution < -0.4 is 10.6 Å². The monoisotopic (exact) mass is 291 g/mol. The van der Waals surface area contributed by atoms with Gasteiger partial charge in [-0.2, -0.15) is 0 Å². The fourth-order valence-corrected chi connectivity index (χ4v) is 2.82. The second kappa shape index (κ2) is 6.56. The molecule has 6 nitrogen and oxygen atoms in total. The quantitative estimate of drug-likeness (QED) is 0.861. The molecular weight excluding hydrogens is 270 g/mol. The largest absolute Gasteiger partial charge is 0.481 e. The zero-order valence-corrected chi connectivity index (χ0v) is 12.2. The summed E-state index contributed by atoms with van der Waals surface area (Å²) in [6, 6.07) is 3.56. The normalized spacial score (nSPS) is 18.5. The Bertz CT molecular complexity index is 545. The van der Waals surface area contributed by atoms with Crippen LogP contribution in [0, 0.1) is 6.92 Å². The predicted molar refractivity (Wildman–Crippen MR) is 79.3 cm³/mol. The molecule has 2 rings (SSSR count). The molecule has 1 aromatic rings. The smallest absolute Gasteiger partial charge is 0.303 e. The highest BCUT2D eigenvalue weighted by molar-refractivity contribution is 5.97. The second-order valence-electron chi connectivity index (χ2n) is 5.46. The molecule has 1 saturated heterocycles. The number of primary amides is 1. The minimum atomic E-state index is -0.798. The van der Waals surface area contributed by atoms with Crippen LogP contribution in [0.15, 0.2) is 12.1 Å². The van der Waals surface area contributed by atoms with Gasteiger partial charge in [0.25, 0.3) is 5.91 Å². The van der Waals surface area contributed by atoms with Crippen molar-refractivity contribution >= 4 is 17.7 Å². The van der Waals surface area contributed by atoms with Crippen LogP contribution in [0.25, 0.3) is 0 Å². The molecule has 0 spiro atoms. The molecule has 0 bridgehead atoms. The number of aliphatic carboxylic acids is 1. The van der Waals surface area contributed by atoms with Crippen LogP contribution in [0.4, 0.5) is 5.82 Å². The number of nitrogens with two attached hydrogens (primary N) is 1. The average molecular weight is 291 g/mol. The Labute approximate surface area is 124 Å². The van der Waals surface area contributed by atoms with Gasteiger partial charge in [0.15, 0.2) is 0 Å². The Kier molecular flexibility index (Phi) is 4.77. The zero-order valence-electron chi connectivity index (χ0n) is 12.2. The Hall–Kier alpha value is -2.11. The van der Waals surface area contributed by atoms with Gasteiger partial charge in [0, 0.05) is 24.7 Å². The maximum atomic E-state index is 11.6. The molecule has 1 atom stereocenters. The van der Waals surface area contributed by atoms with E-state index in [4.69, 9.17) is 10.8 Å². The highest BCUT2D eigenvalue weighted by Gasteiger charge is 2.27. The molecular formula is C15H21N3O3. The molecule has 21 heavy (non-hydrogen) atoms. The lowest BCUT2D eigenvalue weighted by molar-refractivity contribution is -0.137. The van der Waals surface area contributed by atoms with E-state index in [2.05, 4.69) is 9.88 Å². The van der Waals surface area contributed by atoms with Crippen molar-refractivity contribution in [3.63, 3.8) is 0 Å². The molecule has 114 valence electrons. The molecule has 0 aromatic carbocycles. The second-order valence-corrected chi connectivity index (χ2v) is 5.46. The first-order valence-corrected chi connectivity index (χ1v) is 7.25. The Morgan fingerprint density at radius 3 is 2.86 bits per heavy atom. The molecule has 6 heteroatoms. The Morgan fingerprint density at radius 2 is 2.19 bits per heavy atom. The maximum absolute atomic E-state index is 11.6. The summed E-state index contributed by atoms with van der Waals surface area (Å²) < 4.78 is 0. The molecule has 0 aliphatic carbocycles. The number of carbonyl (C=O) groups excluding carboxylic acids is 1. The van der Waals surface area contributed by atoms with Crippen molar-refractivity contribution in [1.82, 2.24) is 4.98 Å². The number of piperidine rings is 1. The van der Waals surface area contributed by atoms with Crippen LogP contribution in [-0.2, 0) is 4.79 Å². The van der Waals surface area contributed by atoms with E-state index in [1.807, 2.05) is 6.92 Å². The summed E-state index contributed by atoms with van der Waals surface area (Å²) in [7, 11) is 0. The summed E-state index contributed by atoms with van der Waals surface area (Å²) in [6.07, 6.45) is 3.68. The zero-order chi connectivity index (χ0) is 15.4. The first-order chi connectivity index (χ1) is 9.99. The molecule has 1 fully saturated rings. The Balaban J connectivity index is 2.30. The van der Waals surface area contributed by atoms with Crippen molar-refractivity contribution in [3.8, 4) is 0 Å². The van der Waals surface area contributed by atoms with Gasteiger partial charge in [0.2, 0.25) is 0 Å². The fraction of sp³-hybridized carbons (Fsp3) is 0.533. The van der Waals surface area contributed by atoms with Crippen LogP contribution in [-0.4, -0.2) is 34.6 Å². The molecule has 1 aromatic heterocycles. The highest BCUT2D eigenvalue weighted by Crippen LogP contribution is 2.28. The van der Waals surface area contributed by atoms with E-state index in [1.165, 1.54) is 0 Å². The lowest BCUT2D eigenvalue weighted by Gasteiger charge is -2.37. The molecule has 2 heterocycles. The molecule has 0 saturated carbocycles. The topological polar surface area (TPSA) is 96.5 Å². The third-order valence-electron chi connectivity index (χ3n) is 3.87. The third kappa shape index (κ3) is 3.71. The summed E-state index contributed by atoms with van der Waals surface area (Å²) in [5.41, 5.74) is 6.66. The SMILES string of the molecule is Cc1ccc(C(N)=O)c(N2CCCCC2CCC(=O)O)n1. The van der Waals surface area contributed by atoms with Crippen LogP contribution in [0.1, 0.15) is 48.2 Å². The van der Waals surface area contributed by atoms with Gasteiger partial charge < -0.3 is 15.7 Å². The van der Waals surface area contributed by atoms with Gasteiger partial charge in [0.05, 0.1) is 5.56 Å². The van der Waals surface area contributed by atoms with Gasteiger partial charge in [-0.25, -0.2) is 4.98 Å². The third-order valence-corrected chi connectivity index (χ3v) is 3.87. The summed E-state index contributed by atoms with van der Waals surface area (Å²) >= 11 is 0. The van der Waals surface area contributed by atoms with Crippen molar-refractivity contribution in [2.75, 3.05) is 11.4 Å². The van der Waals surface area contributed by atoms with E-state index in [0.29, 0.717) is 17.8 Å². The minimum absolute atomic E-state index is 0.0993. The molecule has 1 unspecified atom stereocenters. The number of amides is 1. The summed E-state index contributed by atoms with van der Waals surface area (Å²) in [5.74, 6) is -0.703. The summed E-state index contributed by atoms with van der Waals surface area (Å²) in [6.45, 7) is 2.64. The fourth-order valence-electron chi connectivity index (χ4n) is 2.82. The summed E-state index contributed by atoms with van der Waals surface area (Å²) in [4.78, 5) is 28.9. The average Bonchev–Trinajstić information content (AvgIpc) is 2.45. The van der Waals surface area contributed by atoms with Crippen molar-refractivity contribution in [3.05, 3.63) is 23.4 Å². The number of carboxylic acids is 1. The van der Waals surface area contributed by atoms with Gasteiger partial charge in [-0.1, -0.05) is 0 Å². The number of pyridine rings is 1. The molecule has 3 N–H and O–H groups in total. The molecule has 0 radical (unpaired) electrons. The van der Waals surface area contributed by atoms with E-state index in [9.17, 15) is 9.59 Å². The number of carbonyl (C=O) groups is 2. The number of aromatic nitrogens is 1. The van der Waals surface area contributed by atoms with Crippen molar-refractivity contribution in [2.45, 2.75) is 45.1 Å². The minimum Gasteiger partial charge on any atom is -0.481 e. The molecule has 1 aliphatic rings. The Morgan fingerprint density at radius 1 is 1.43 bits per heavy atom. The number of aryl methyl sites for hydroxylation is 1. The molecule has 1 amide bonds. The van der Waals surface area contributed by atoms with E-state index in [-0.39, 0.29) is 12.5 Å². The van der Waals surface area contributed by atoms with Crippen molar-refractivity contribution < 1.29 is 14.7 Å². The summed E-state index contributed by atoms with van der Waals surface area (Å²) in [5, 5.41) is 8.88. The lowest BCUT2D eigenvalue weighted by atomic mass is 9.97. The number of nitrogens with zero attached hydrogens (tertiary/aromatic N) is 2. The highest BCUT2D eigenvalue weighted by atomic mass is 16.4. The van der Waals surface area contributed by atoms with Gasteiger partial charge >= 0.3 is 5.97 Å². The van der Waals surface area contributed by atoms with Crippen LogP contribution in [0.3, 0.4) is 0 Å². The van der Waals surface area contributed by atoms with Gasteiger partial charge in [-0.3, -0.25) is 9.59 Å². The molecule has 1 aliphatic heterocycles. The van der Waals surface area contributed by atoms with E-state index in [1.54, 1.807) is 12.1 Å². The first kappa shape index (κ1) is 15.3. The van der Waals surface area contributed by atoms with E-state index < -0.39 is 11.9 Å². The van der Waals surface area contributed by atoms with Gasteiger partial charge in [-0.05, 0) is 44.7 Å². The van der Waals surface area contributed by atoms with Crippen LogP contribution in [0.5, 0.6) is 0 Å². The van der Waals surface area contributed by atoms with Crippen LogP contribution in [0.2, 0.25) is 0 Å². The first-order valence-electron chi connectivity index (χ1n) is 7.25. The number of rotatable bonds is 5. The lowest BCUT2D eigenvalue weighted by Crippen LogP contribution is -2.41. The number of hydrogen-bond donors (Lipinski definition) is 2.